The molecule has 1 saturated heterocycles. The zero-order chi connectivity index (χ0) is 10.0. The lowest BCUT2D eigenvalue weighted by atomic mass is 10.1. The lowest BCUT2D eigenvalue weighted by molar-refractivity contribution is 0.0161. The maximum absolute atomic E-state index is 9.02. The lowest BCUT2D eigenvalue weighted by Gasteiger charge is -2.34. The van der Waals surface area contributed by atoms with Crippen molar-refractivity contribution in [1.82, 2.24) is 0 Å². The van der Waals surface area contributed by atoms with Crippen molar-refractivity contribution in [3.8, 4) is 6.07 Å². The summed E-state index contributed by atoms with van der Waals surface area (Å²) in [5.74, 6) is 0. The quantitative estimate of drug-likeness (QED) is 0.743. The first-order valence-corrected chi connectivity index (χ1v) is 5.30. The smallest absolute Gasteiger partial charge is 0.153 e. The van der Waals surface area contributed by atoms with Crippen molar-refractivity contribution in [3.05, 3.63) is 29.8 Å². The van der Waals surface area contributed by atoms with Crippen LogP contribution in [0.3, 0.4) is 0 Å². The van der Waals surface area contributed by atoms with Gasteiger partial charge in [-0.05, 0) is 19.1 Å². The van der Waals surface area contributed by atoms with Crippen LogP contribution in [-0.4, -0.2) is 18.0 Å². The predicted octanol–water partition coefficient (Wildman–Crippen LogP) is 2.38. The summed E-state index contributed by atoms with van der Waals surface area (Å²) in [7, 11) is 0. The van der Waals surface area contributed by atoms with Crippen LogP contribution < -0.4 is 0 Å². The Morgan fingerprint density at radius 2 is 2.29 bits per heavy atom. The van der Waals surface area contributed by atoms with Gasteiger partial charge in [-0.3, -0.25) is 0 Å². The Hall–Kier alpha value is -0.980. The molecular weight excluding hydrogens is 194 g/mol. The third kappa shape index (κ3) is 1.77. The van der Waals surface area contributed by atoms with Crippen molar-refractivity contribution in [3.63, 3.8) is 0 Å². The minimum atomic E-state index is -0.339. The monoisotopic (exact) mass is 205 g/mol. The maximum atomic E-state index is 9.02. The van der Waals surface area contributed by atoms with E-state index in [1.807, 2.05) is 12.1 Å². The molecule has 0 spiro atoms. The molecule has 0 saturated carbocycles. The van der Waals surface area contributed by atoms with Gasteiger partial charge in [-0.1, -0.05) is 29.5 Å². The van der Waals surface area contributed by atoms with Gasteiger partial charge in [0.1, 0.15) is 0 Å². The Morgan fingerprint density at radius 1 is 1.50 bits per heavy atom. The molecule has 0 bridgehead atoms. The zero-order valence-electron chi connectivity index (χ0n) is 7.99. The number of benzene rings is 1. The Kier molecular flexibility index (Phi) is 2.49. The second kappa shape index (κ2) is 3.64. The average molecular weight is 205 g/mol. The van der Waals surface area contributed by atoms with E-state index in [1.165, 1.54) is 5.56 Å². The molecule has 0 radical (unpaired) electrons. The molecule has 2 nitrogen and oxygen atoms in total. The van der Waals surface area contributed by atoms with Gasteiger partial charge in [-0.25, -0.2) is 0 Å². The molecule has 0 aliphatic carbocycles. The van der Waals surface area contributed by atoms with E-state index in [0.717, 1.165) is 4.90 Å². The molecule has 1 aliphatic rings. The van der Waals surface area contributed by atoms with Crippen molar-refractivity contribution in [2.45, 2.75) is 16.6 Å². The summed E-state index contributed by atoms with van der Waals surface area (Å²) >= 11 is 1.61. The Balaban J connectivity index is 2.14. The topological polar surface area (TPSA) is 33.0 Å². The first-order chi connectivity index (χ1) is 6.74. The van der Waals surface area contributed by atoms with Gasteiger partial charge in [0.05, 0.1) is 19.3 Å². The highest BCUT2D eigenvalue weighted by atomic mass is 32.2. The summed E-state index contributed by atoms with van der Waals surface area (Å²) in [5.41, 5.74) is 1.23. The minimum Gasteiger partial charge on any atom is -0.376 e. The second-order valence-corrected chi connectivity index (χ2v) is 4.97. The summed E-state index contributed by atoms with van der Waals surface area (Å²) in [6.07, 6.45) is 0. The highest BCUT2D eigenvalue weighted by Gasteiger charge is 2.40. The molecule has 0 aromatic heterocycles. The van der Waals surface area contributed by atoms with Gasteiger partial charge in [-0.2, -0.15) is 5.26 Å². The number of thioether (sulfide) groups is 1. The average Bonchev–Trinajstić information content (AvgIpc) is 2.11. The van der Waals surface area contributed by atoms with Gasteiger partial charge in [0.2, 0.25) is 0 Å². The number of rotatable bonds is 2. The predicted molar refractivity (Wildman–Crippen MR) is 56.2 cm³/mol. The molecule has 0 unspecified atom stereocenters. The molecule has 0 atom stereocenters. The number of ether oxygens (including phenoxy) is 1. The van der Waals surface area contributed by atoms with Crippen LogP contribution in [-0.2, 0) is 4.74 Å². The number of hydrogen-bond acceptors (Lipinski definition) is 3. The van der Waals surface area contributed by atoms with Gasteiger partial charge in [0.25, 0.3) is 0 Å². The summed E-state index contributed by atoms with van der Waals surface area (Å²) in [6.45, 7) is 3.14. The molecule has 1 heterocycles. The first-order valence-electron chi connectivity index (χ1n) is 4.49. The van der Waals surface area contributed by atoms with E-state index in [0.29, 0.717) is 13.2 Å². The molecular formula is C11H11NOS. The zero-order valence-corrected chi connectivity index (χ0v) is 8.80. The normalized spacial score (nSPS) is 18.3. The van der Waals surface area contributed by atoms with Crippen LogP contribution in [0.15, 0.2) is 29.2 Å². The number of nitriles is 1. The van der Waals surface area contributed by atoms with Crippen molar-refractivity contribution < 1.29 is 4.74 Å². The summed E-state index contributed by atoms with van der Waals surface area (Å²) in [5, 5.41) is 9.02. The fourth-order valence-corrected chi connectivity index (χ4v) is 2.51. The van der Waals surface area contributed by atoms with E-state index >= 15 is 0 Å². The molecule has 14 heavy (non-hydrogen) atoms. The van der Waals surface area contributed by atoms with Crippen LogP contribution in [0.25, 0.3) is 0 Å². The molecule has 0 N–H and O–H groups in total. The van der Waals surface area contributed by atoms with Crippen LogP contribution in [0, 0.1) is 18.3 Å². The molecule has 1 aromatic carbocycles. The van der Waals surface area contributed by atoms with Gasteiger partial charge in [0, 0.05) is 4.90 Å². The van der Waals surface area contributed by atoms with Crippen LogP contribution in [0.4, 0.5) is 0 Å². The largest absolute Gasteiger partial charge is 0.376 e. The highest BCUT2D eigenvalue weighted by molar-refractivity contribution is 8.01. The van der Waals surface area contributed by atoms with Crippen molar-refractivity contribution in [2.75, 3.05) is 13.2 Å². The van der Waals surface area contributed by atoms with E-state index in [1.54, 1.807) is 11.8 Å². The number of hydrogen-bond donors (Lipinski definition) is 0. The van der Waals surface area contributed by atoms with Gasteiger partial charge in [-0.15, -0.1) is 0 Å². The molecule has 1 fully saturated rings. The molecule has 2 rings (SSSR count). The van der Waals surface area contributed by atoms with E-state index in [4.69, 9.17) is 10.00 Å². The van der Waals surface area contributed by atoms with Crippen molar-refractivity contribution >= 4 is 11.8 Å². The summed E-state index contributed by atoms with van der Waals surface area (Å²) < 4.78 is 4.75. The van der Waals surface area contributed by atoms with E-state index < -0.39 is 0 Å². The maximum Gasteiger partial charge on any atom is 0.153 e. The van der Waals surface area contributed by atoms with E-state index in [-0.39, 0.29) is 4.75 Å². The van der Waals surface area contributed by atoms with Crippen molar-refractivity contribution in [2.24, 2.45) is 0 Å². The second-order valence-electron chi connectivity index (χ2n) is 3.52. The van der Waals surface area contributed by atoms with Gasteiger partial charge < -0.3 is 4.74 Å². The van der Waals surface area contributed by atoms with Crippen LogP contribution in [0.5, 0.6) is 0 Å². The van der Waals surface area contributed by atoms with E-state index in [2.05, 4.69) is 25.1 Å². The Bertz CT molecular complexity index is 379. The van der Waals surface area contributed by atoms with Crippen molar-refractivity contribution in [1.29, 1.82) is 5.26 Å². The highest BCUT2D eigenvalue weighted by Crippen LogP contribution is 2.38. The fraction of sp³-hybridized carbons (Fsp3) is 0.364. The number of nitrogens with zero attached hydrogens (tertiary/aromatic N) is 1. The fourth-order valence-electron chi connectivity index (χ4n) is 1.34. The first kappa shape index (κ1) is 9.57. The third-order valence-electron chi connectivity index (χ3n) is 2.18. The van der Waals surface area contributed by atoms with Crippen LogP contribution >= 0.6 is 11.8 Å². The van der Waals surface area contributed by atoms with Crippen LogP contribution in [0.1, 0.15) is 5.56 Å². The Morgan fingerprint density at radius 3 is 2.79 bits per heavy atom. The molecule has 3 heteroatoms. The van der Waals surface area contributed by atoms with Gasteiger partial charge in [0.15, 0.2) is 4.75 Å². The molecule has 0 amide bonds. The minimum absolute atomic E-state index is 0.339. The summed E-state index contributed by atoms with van der Waals surface area (Å²) in [4.78, 5) is 1.15. The SMILES string of the molecule is Cc1cccc(SC2(C#N)COC2)c1. The standard InChI is InChI=1S/C11H11NOS/c1-9-3-2-4-10(5-9)14-11(6-12)7-13-8-11/h2-5H,7-8H2,1H3. The molecule has 72 valence electrons. The molecule has 1 aromatic rings. The van der Waals surface area contributed by atoms with Crippen LogP contribution in [0.2, 0.25) is 0 Å². The Labute approximate surface area is 87.9 Å². The summed E-state index contributed by atoms with van der Waals surface area (Å²) in [6, 6.07) is 10.5. The van der Waals surface area contributed by atoms with E-state index in [9.17, 15) is 0 Å². The number of aryl methyl sites for hydroxylation is 1. The third-order valence-corrected chi connectivity index (χ3v) is 3.38. The lowest BCUT2D eigenvalue weighted by Crippen LogP contribution is -2.45. The van der Waals surface area contributed by atoms with Gasteiger partial charge >= 0.3 is 0 Å². The molecule has 1 aliphatic heterocycles.